The Morgan fingerprint density at radius 2 is 1.84 bits per heavy atom. The first-order chi connectivity index (χ1) is 15.1. The van der Waals surface area contributed by atoms with Gasteiger partial charge in [0.15, 0.2) is 11.5 Å². The molecule has 0 aliphatic carbocycles. The first kappa shape index (κ1) is 19.2. The maximum atomic E-state index is 14.7. The highest BCUT2D eigenvalue weighted by atomic mass is 19.1. The van der Waals surface area contributed by atoms with Crippen molar-refractivity contribution in [2.75, 3.05) is 14.2 Å². The second-order valence-corrected chi connectivity index (χ2v) is 7.40. The Bertz CT molecular complexity index is 1180. The van der Waals surface area contributed by atoms with E-state index < -0.39 is 6.23 Å². The Hall–Kier alpha value is -3.74. The number of aromatic hydroxyl groups is 1. The Labute approximate surface area is 179 Å². The Morgan fingerprint density at radius 1 is 1.03 bits per heavy atom. The third kappa shape index (κ3) is 3.13. The van der Waals surface area contributed by atoms with Gasteiger partial charge in [-0.05, 0) is 30.3 Å². The van der Waals surface area contributed by atoms with E-state index in [0.29, 0.717) is 40.5 Å². The van der Waals surface area contributed by atoms with Gasteiger partial charge in [-0.1, -0.05) is 30.3 Å². The van der Waals surface area contributed by atoms with Gasteiger partial charge in [0.2, 0.25) is 6.23 Å². The maximum Gasteiger partial charge on any atom is 0.216 e. The van der Waals surface area contributed by atoms with E-state index in [0.717, 1.165) is 5.56 Å². The van der Waals surface area contributed by atoms with Gasteiger partial charge in [-0.3, -0.25) is 0 Å². The van der Waals surface area contributed by atoms with E-state index >= 15 is 0 Å². The topological polar surface area (TPSA) is 63.5 Å². The summed E-state index contributed by atoms with van der Waals surface area (Å²) in [5, 5.41) is 17.0. The number of methoxy groups -OCH3 is 2. The van der Waals surface area contributed by atoms with Crippen LogP contribution in [0.15, 0.2) is 65.8 Å². The highest BCUT2D eigenvalue weighted by molar-refractivity contribution is 6.04. The Kier molecular flexibility index (Phi) is 4.66. The van der Waals surface area contributed by atoms with Crippen molar-refractivity contribution in [2.24, 2.45) is 5.10 Å². The number of hydrogen-bond acceptors (Lipinski definition) is 6. The molecule has 1 N–H and O–H groups in total. The van der Waals surface area contributed by atoms with Gasteiger partial charge in [0.1, 0.15) is 17.3 Å². The molecular formula is C24H21FN2O4. The highest BCUT2D eigenvalue weighted by Crippen LogP contribution is 2.51. The van der Waals surface area contributed by atoms with Crippen LogP contribution in [0, 0.1) is 5.82 Å². The fraction of sp³-hybridized carbons (Fsp3) is 0.208. The van der Waals surface area contributed by atoms with Crippen molar-refractivity contribution >= 4 is 5.71 Å². The van der Waals surface area contributed by atoms with Gasteiger partial charge < -0.3 is 19.3 Å². The highest BCUT2D eigenvalue weighted by Gasteiger charge is 2.43. The molecule has 0 aromatic heterocycles. The lowest BCUT2D eigenvalue weighted by atomic mass is 9.95. The summed E-state index contributed by atoms with van der Waals surface area (Å²) in [5.74, 6) is 1.50. The lowest BCUT2D eigenvalue weighted by molar-refractivity contribution is -0.0230. The van der Waals surface area contributed by atoms with Gasteiger partial charge in [0, 0.05) is 17.5 Å². The molecule has 0 amide bonds. The van der Waals surface area contributed by atoms with E-state index in [2.05, 4.69) is 0 Å². The molecule has 6 nitrogen and oxygen atoms in total. The van der Waals surface area contributed by atoms with Crippen LogP contribution in [0.25, 0.3) is 0 Å². The standard InChI is InChI=1S/C24H21FN2O4/c1-29-14-10-11-21(28)17(12-14)19-13-20-16-7-5-9-22(30-2)23(16)31-24(27(20)26-19)15-6-3-4-8-18(15)25/h3-12,20,24,28H,13H2,1-2H3/t20-,24+/m0/s1. The monoisotopic (exact) mass is 420 g/mol. The summed E-state index contributed by atoms with van der Waals surface area (Å²) in [6.45, 7) is 0. The molecule has 3 aromatic rings. The minimum Gasteiger partial charge on any atom is -0.507 e. The number of ether oxygens (including phenoxy) is 3. The van der Waals surface area contributed by atoms with Crippen molar-refractivity contribution in [3.8, 4) is 23.0 Å². The number of hydrazone groups is 1. The Balaban J connectivity index is 1.65. The molecule has 0 unspecified atom stereocenters. The molecule has 0 bridgehead atoms. The summed E-state index contributed by atoms with van der Waals surface area (Å²) < 4.78 is 31.8. The molecule has 7 heteroatoms. The van der Waals surface area contributed by atoms with Crippen molar-refractivity contribution in [2.45, 2.75) is 18.7 Å². The van der Waals surface area contributed by atoms with Crippen molar-refractivity contribution in [1.82, 2.24) is 5.01 Å². The minimum absolute atomic E-state index is 0.105. The maximum absolute atomic E-state index is 14.7. The number of fused-ring (bicyclic) bond motifs is 3. The van der Waals surface area contributed by atoms with E-state index in [1.807, 2.05) is 18.2 Å². The van der Waals surface area contributed by atoms with Gasteiger partial charge in [-0.15, -0.1) is 0 Å². The zero-order valence-corrected chi connectivity index (χ0v) is 17.1. The number of phenols is 1. The number of halogens is 1. The summed E-state index contributed by atoms with van der Waals surface area (Å²) in [4.78, 5) is 0. The fourth-order valence-corrected chi connectivity index (χ4v) is 4.16. The average Bonchev–Trinajstić information content (AvgIpc) is 3.24. The predicted molar refractivity (Wildman–Crippen MR) is 113 cm³/mol. The second kappa shape index (κ2) is 7.50. The molecule has 0 spiro atoms. The molecule has 158 valence electrons. The quantitative estimate of drug-likeness (QED) is 0.658. The minimum atomic E-state index is -0.778. The summed E-state index contributed by atoms with van der Waals surface area (Å²) in [6.07, 6.45) is -0.268. The number of hydrogen-bond donors (Lipinski definition) is 1. The summed E-state index contributed by atoms with van der Waals surface area (Å²) in [5.41, 5.74) is 2.52. The lowest BCUT2D eigenvalue weighted by Crippen LogP contribution is -2.34. The van der Waals surface area contributed by atoms with Gasteiger partial charge in [-0.25, -0.2) is 9.40 Å². The molecule has 2 heterocycles. The van der Waals surface area contributed by atoms with E-state index in [9.17, 15) is 9.50 Å². The first-order valence-electron chi connectivity index (χ1n) is 9.92. The van der Waals surface area contributed by atoms with Crippen LogP contribution < -0.4 is 14.2 Å². The van der Waals surface area contributed by atoms with Gasteiger partial charge in [0.05, 0.1) is 31.5 Å². The van der Waals surface area contributed by atoms with Gasteiger partial charge in [-0.2, -0.15) is 5.10 Å². The molecule has 0 radical (unpaired) electrons. The van der Waals surface area contributed by atoms with Crippen molar-refractivity contribution in [3.05, 3.63) is 83.2 Å². The van der Waals surface area contributed by atoms with Crippen LogP contribution in [0.2, 0.25) is 0 Å². The largest absolute Gasteiger partial charge is 0.507 e. The third-order valence-electron chi connectivity index (χ3n) is 5.69. The lowest BCUT2D eigenvalue weighted by Gasteiger charge is -2.38. The summed E-state index contributed by atoms with van der Waals surface area (Å²) >= 11 is 0. The smallest absolute Gasteiger partial charge is 0.216 e. The summed E-state index contributed by atoms with van der Waals surface area (Å²) in [6, 6.07) is 17.0. The molecule has 0 saturated carbocycles. The first-order valence-corrected chi connectivity index (χ1v) is 9.92. The SMILES string of the molecule is COc1ccc(O)c(C2=NN3[C@@H](c4ccccc4F)Oc4c(OC)cccc4[C@@H]3C2)c1. The van der Waals surface area contributed by atoms with Crippen LogP contribution in [0.5, 0.6) is 23.0 Å². The van der Waals surface area contributed by atoms with E-state index in [1.165, 1.54) is 6.07 Å². The van der Waals surface area contributed by atoms with Gasteiger partial charge >= 0.3 is 0 Å². The van der Waals surface area contributed by atoms with Crippen LogP contribution in [-0.4, -0.2) is 30.0 Å². The van der Waals surface area contributed by atoms with Crippen molar-refractivity contribution < 1.29 is 23.7 Å². The number of nitrogens with zero attached hydrogens (tertiary/aromatic N) is 2. The third-order valence-corrected chi connectivity index (χ3v) is 5.69. The number of rotatable bonds is 4. The zero-order valence-electron chi connectivity index (χ0n) is 17.1. The van der Waals surface area contributed by atoms with Crippen LogP contribution >= 0.6 is 0 Å². The Morgan fingerprint density at radius 3 is 2.61 bits per heavy atom. The number of phenolic OH excluding ortho intramolecular Hbond substituents is 1. The molecule has 5 rings (SSSR count). The normalized spacial score (nSPS) is 19.2. The second-order valence-electron chi connectivity index (χ2n) is 7.40. The predicted octanol–water partition coefficient (Wildman–Crippen LogP) is 4.79. The fourth-order valence-electron chi connectivity index (χ4n) is 4.16. The number of benzene rings is 3. The van der Waals surface area contributed by atoms with Gasteiger partial charge in [0.25, 0.3) is 0 Å². The average molecular weight is 420 g/mol. The van der Waals surface area contributed by atoms with E-state index in [-0.39, 0.29) is 17.6 Å². The molecule has 2 aliphatic heterocycles. The molecule has 31 heavy (non-hydrogen) atoms. The van der Waals surface area contributed by atoms with Crippen LogP contribution in [-0.2, 0) is 0 Å². The molecular weight excluding hydrogens is 399 g/mol. The van der Waals surface area contributed by atoms with Crippen molar-refractivity contribution in [1.29, 1.82) is 0 Å². The zero-order chi connectivity index (χ0) is 21.5. The van der Waals surface area contributed by atoms with E-state index in [4.69, 9.17) is 19.3 Å². The van der Waals surface area contributed by atoms with Crippen LogP contribution in [0.1, 0.15) is 35.4 Å². The van der Waals surface area contributed by atoms with Crippen LogP contribution in [0.3, 0.4) is 0 Å². The number of para-hydroxylation sites is 1. The molecule has 3 aromatic carbocycles. The van der Waals surface area contributed by atoms with Crippen LogP contribution in [0.4, 0.5) is 4.39 Å². The van der Waals surface area contributed by atoms with E-state index in [1.54, 1.807) is 55.6 Å². The summed E-state index contributed by atoms with van der Waals surface area (Å²) in [7, 11) is 3.15. The molecule has 0 saturated heterocycles. The van der Waals surface area contributed by atoms with Crippen molar-refractivity contribution in [3.63, 3.8) is 0 Å². The molecule has 2 aliphatic rings. The molecule has 0 fully saturated rings. The molecule has 2 atom stereocenters.